The van der Waals surface area contributed by atoms with E-state index < -0.39 is 37.1 Å². The Kier molecular flexibility index (Phi) is 5.75. The van der Waals surface area contributed by atoms with Gasteiger partial charge in [0.15, 0.2) is 6.61 Å². The van der Waals surface area contributed by atoms with Crippen LogP contribution in [0, 0.1) is 0 Å². The van der Waals surface area contributed by atoms with Crippen molar-refractivity contribution in [1.29, 1.82) is 0 Å². The maximum absolute atomic E-state index is 12.7. The van der Waals surface area contributed by atoms with Gasteiger partial charge in [0.05, 0.1) is 0 Å². The number of rotatable bonds is 5. The average Bonchev–Trinajstić information content (AvgIpc) is 2.24. The fourth-order valence-electron chi connectivity index (χ4n) is 0.749. The first-order valence-corrected chi connectivity index (χ1v) is 4.92. The summed E-state index contributed by atoms with van der Waals surface area (Å²) < 4.78 is 80.9. The highest BCUT2D eigenvalue weighted by Crippen LogP contribution is 2.35. The fraction of sp³-hybridized carbons (Fsp3) is 0.889. The molecule has 0 aliphatic rings. The van der Waals surface area contributed by atoms with Crippen LogP contribution < -0.4 is 0 Å². The molecule has 0 heterocycles. The minimum absolute atomic E-state index is 0.361. The van der Waals surface area contributed by atoms with Crippen LogP contribution in [0.4, 0.5) is 31.1 Å². The van der Waals surface area contributed by atoms with Gasteiger partial charge >= 0.3 is 18.3 Å². The Morgan fingerprint density at radius 3 is 2.11 bits per heavy atom. The molecule has 0 aromatic heterocycles. The summed E-state index contributed by atoms with van der Waals surface area (Å²) in [6.07, 6.45) is -12.0. The second kappa shape index (κ2) is 6.14. The van der Waals surface area contributed by atoms with Gasteiger partial charge in [0.2, 0.25) is 0 Å². The highest BCUT2D eigenvalue weighted by Gasteiger charge is 2.57. The zero-order valence-corrected chi connectivity index (χ0v) is 9.56. The number of hydrogen-bond donors (Lipinski definition) is 0. The first kappa shape index (κ1) is 16.9. The SMILES string of the molecule is CC[C@H](C)OC(=O)OCC(F)(F)[C@@H](F)C(F)(F)F. The van der Waals surface area contributed by atoms with Gasteiger partial charge in [0, 0.05) is 0 Å². The Hall–Kier alpha value is -1.15. The lowest BCUT2D eigenvalue weighted by molar-refractivity contribution is -0.252. The van der Waals surface area contributed by atoms with Gasteiger partial charge in [-0.15, -0.1) is 0 Å². The molecule has 0 aromatic carbocycles. The zero-order valence-electron chi connectivity index (χ0n) is 9.56. The lowest BCUT2D eigenvalue weighted by Crippen LogP contribution is -2.45. The normalized spacial score (nSPS) is 16.0. The predicted molar refractivity (Wildman–Crippen MR) is 48.1 cm³/mol. The predicted octanol–water partition coefficient (Wildman–Crippen LogP) is 3.47. The molecule has 0 fully saturated rings. The summed E-state index contributed by atoms with van der Waals surface area (Å²) >= 11 is 0. The summed E-state index contributed by atoms with van der Waals surface area (Å²) in [6.45, 7) is 1.00. The van der Waals surface area contributed by atoms with E-state index in [1.54, 1.807) is 6.92 Å². The molecule has 18 heavy (non-hydrogen) atoms. The number of alkyl halides is 6. The van der Waals surface area contributed by atoms with Crippen molar-refractivity contribution in [3.05, 3.63) is 0 Å². The molecule has 0 spiro atoms. The number of carbonyl (C=O) groups is 1. The third-order valence-corrected chi connectivity index (χ3v) is 1.91. The molecule has 9 heteroatoms. The van der Waals surface area contributed by atoms with Crippen molar-refractivity contribution in [2.75, 3.05) is 6.61 Å². The largest absolute Gasteiger partial charge is 0.508 e. The minimum Gasteiger partial charge on any atom is -0.431 e. The molecule has 0 bridgehead atoms. The van der Waals surface area contributed by atoms with Crippen molar-refractivity contribution in [1.82, 2.24) is 0 Å². The third-order valence-electron chi connectivity index (χ3n) is 1.91. The van der Waals surface area contributed by atoms with Crippen LogP contribution >= 0.6 is 0 Å². The number of carbonyl (C=O) groups excluding carboxylic acids is 1. The topological polar surface area (TPSA) is 35.5 Å². The van der Waals surface area contributed by atoms with Crippen LogP contribution in [0.25, 0.3) is 0 Å². The quantitative estimate of drug-likeness (QED) is 0.572. The van der Waals surface area contributed by atoms with Gasteiger partial charge in [-0.25, -0.2) is 9.18 Å². The van der Waals surface area contributed by atoms with Crippen LogP contribution in [0.3, 0.4) is 0 Å². The number of hydrogen-bond acceptors (Lipinski definition) is 3. The maximum Gasteiger partial charge on any atom is 0.508 e. The van der Waals surface area contributed by atoms with Crippen molar-refractivity contribution >= 4 is 6.16 Å². The zero-order chi connectivity index (χ0) is 14.6. The third kappa shape index (κ3) is 5.46. The van der Waals surface area contributed by atoms with E-state index in [2.05, 4.69) is 9.47 Å². The van der Waals surface area contributed by atoms with Crippen molar-refractivity contribution in [2.24, 2.45) is 0 Å². The molecule has 0 aliphatic heterocycles. The molecule has 0 saturated heterocycles. The second-order valence-electron chi connectivity index (χ2n) is 3.54. The average molecular weight is 282 g/mol. The molecule has 0 rings (SSSR count). The Balaban J connectivity index is 4.31. The van der Waals surface area contributed by atoms with Crippen molar-refractivity contribution < 1.29 is 40.6 Å². The summed E-state index contributed by atoms with van der Waals surface area (Å²) in [5, 5.41) is 0. The first-order valence-electron chi connectivity index (χ1n) is 4.92. The van der Waals surface area contributed by atoms with Crippen molar-refractivity contribution in [2.45, 2.75) is 44.6 Å². The van der Waals surface area contributed by atoms with Crippen molar-refractivity contribution in [3.8, 4) is 0 Å². The van der Waals surface area contributed by atoms with Crippen LogP contribution in [0.1, 0.15) is 20.3 Å². The molecule has 0 unspecified atom stereocenters. The highest BCUT2D eigenvalue weighted by molar-refractivity contribution is 5.60. The molecule has 0 amide bonds. The summed E-state index contributed by atoms with van der Waals surface area (Å²) in [5.41, 5.74) is 0. The van der Waals surface area contributed by atoms with E-state index in [1.807, 2.05) is 0 Å². The van der Waals surface area contributed by atoms with Gasteiger partial charge in [-0.3, -0.25) is 0 Å². The summed E-state index contributed by atoms with van der Waals surface area (Å²) in [5.74, 6) is -4.85. The van der Waals surface area contributed by atoms with E-state index in [4.69, 9.17) is 0 Å². The standard InChI is InChI=1S/C9H12F6O3/c1-3-5(2)18-7(16)17-4-8(11,12)6(10)9(13,14)15/h5-6H,3-4H2,1-2H3/t5-,6+/m0/s1. The monoisotopic (exact) mass is 282 g/mol. The van der Waals surface area contributed by atoms with Crippen LogP contribution in [0.5, 0.6) is 0 Å². The molecule has 108 valence electrons. The molecule has 0 aromatic rings. The Morgan fingerprint density at radius 2 is 1.72 bits per heavy atom. The molecule has 0 N–H and O–H groups in total. The van der Waals surface area contributed by atoms with Gasteiger partial charge in [-0.2, -0.15) is 22.0 Å². The second-order valence-corrected chi connectivity index (χ2v) is 3.54. The van der Waals surface area contributed by atoms with Crippen LogP contribution in [0.2, 0.25) is 0 Å². The number of ether oxygens (including phenoxy) is 2. The Morgan fingerprint density at radius 1 is 1.22 bits per heavy atom. The van der Waals surface area contributed by atoms with E-state index in [0.29, 0.717) is 6.42 Å². The molecule has 2 atom stereocenters. The molecule has 0 radical (unpaired) electrons. The smallest absolute Gasteiger partial charge is 0.431 e. The highest BCUT2D eigenvalue weighted by atomic mass is 19.4. The molecule has 0 saturated carbocycles. The van der Waals surface area contributed by atoms with Crippen LogP contribution in [-0.2, 0) is 9.47 Å². The lowest BCUT2D eigenvalue weighted by atomic mass is 10.2. The maximum atomic E-state index is 12.7. The van der Waals surface area contributed by atoms with E-state index in [9.17, 15) is 31.1 Å². The van der Waals surface area contributed by atoms with Gasteiger partial charge in [0.1, 0.15) is 6.10 Å². The number of halogens is 6. The molecule has 0 aliphatic carbocycles. The molecule has 3 nitrogen and oxygen atoms in total. The van der Waals surface area contributed by atoms with E-state index in [-0.39, 0.29) is 0 Å². The Bertz CT molecular complexity index is 278. The first-order chi connectivity index (χ1) is 8.00. The van der Waals surface area contributed by atoms with Gasteiger partial charge in [0.25, 0.3) is 6.17 Å². The summed E-state index contributed by atoms with van der Waals surface area (Å²) in [7, 11) is 0. The minimum atomic E-state index is -5.73. The molecular weight excluding hydrogens is 270 g/mol. The van der Waals surface area contributed by atoms with Gasteiger partial charge in [-0.1, -0.05) is 6.92 Å². The van der Waals surface area contributed by atoms with Crippen molar-refractivity contribution in [3.63, 3.8) is 0 Å². The van der Waals surface area contributed by atoms with Gasteiger partial charge < -0.3 is 9.47 Å². The van der Waals surface area contributed by atoms with E-state index >= 15 is 0 Å². The Labute approximate surface area is 99.0 Å². The van der Waals surface area contributed by atoms with E-state index in [1.165, 1.54) is 6.92 Å². The fourth-order valence-corrected chi connectivity index (χ4v) is 0.749. The summed E-state index contributed by atoms with van der Waals surface area (Å²) in [4.78, 5) is 10.7. The van der Waals surface area contributed by atoms with Crippen LogP contribution in [0.15, 0.2) is 0 Å². The molecular formula is C9H12F6O3. The summed E-state index contributed by atoms with van der Waals surface area (Å²) in [6, 6.07) is 0. The van der Waals surface area contributed by atoms with Crippen LogP contribution in [-0.4, -0.2) is 37.1 Å². The lowest BCUT2D eigenvalue weighted by Gasteiger charge is -2.22. The van der Waals surface area contributed by atoms with E-state index in [0.717, 1.165) is 0 Å². The van der Waals surface area contributed by atoms with Gasteiger partial charge in [-0.05, 0) is 13.3 Å².